The molecule has 9 nitrogen and oxygen atoms in total. The summed E-state index contributed by atoms with van der Waals surface area (Å²) in [5.41, 5.74) is -0.409. The summed E-state index contributed by atoms with van der Waals surface area (Å²) in [4.78, 5) is 42.4. The van der Waals surface area contributed by atoms with E-state index < -0.39 is 41.1 Å². The van der Waals surface area contributed by atoms with E-state index in [0.29, 0.717) is 12.0 Å². The number of rotatable bonds is 11. The van der Waals surface area contributed by atoms with Crippen LogP contribution in [0.15, 0.2) is 48.5 Å². The Morgan fingerprint density at radius 3 is 2.10 bits per heavy atom. The predicted octanol–water partition coefficient (Wildman–Crippen LogP) is 5.21. The number of nitrogens with zero attached hydrogens (tertiary/aromatic N) is 1. The van der Waals surface area contributed by atoms with Crippen LogP contribution in [-0.4, -0.2) is 56.7 Å². The van der Waals surface area contributed by atoms with Crippen molar-refractivity contribution >= 4 is 17.9 Å². The van der Waals surface area contributed by atoms with Crippen LogP contribution in [0.3, 0.4) is 0 Å². The lowest BCUT2D eigenvalue weighted by molar-refractivity contribution is -0.143. The molecule has 0 aliphatic rings. The van der Waals surface area contributed by atoms with Crippen LogP contribution >= 0.6 is 0 Å². The molecule has 0 heterocycles. The highest BCUT2D eigenvalue weighted by Crippen LogP contribution is 2.31. The van der Waals surface area contributed by atoms with Crippen molar-refractivity contribution in [1.29, 1.82) is 0 Å². The molecule has 0 saturated carbocycles. The minimum atomic E-state index is -1.15. The first kappa shape index (κ1) is 32.5. The van der Waals surface area contributed by atoms with Gasteiger partial charge in [-0.1, -0.05) is 50.1 Å². The number of hydrogen-bond acceptors (Lipinski definition) is 6. The Kier molecular flexibility index (Phi) is 11.4. The van der Waals surface area contributed by atoms with Crippen molar-refractivity contribution in [3.8, 4) is 11.5 Å². The number of alkyl carbamates (subject to hydrolysis) is 1. The van der Waals surface area contributed by atoms with E-state index in [9.17, 15) is 24.6 Å². The van der Waals surface area contributed by atoms with E-state index in [2.05, 4.69) is 10.6 Å². The Labute approximate surface area is 237 Å². The molecule has 2 atom stereocenters. The van der Waals surface area contributed by atoms with Gasteiger partial charge in [0, 0.05) is 24.1 Å². The molecule has 2 aromatic rings. The summed E-state index contributed by atoms with van der Waals surface area (Å²) in [6.45, 7) is 13.0. The van der Waals surface area contributed by atoms with Crippen LogP contribution < -0.4 is 10.6 Å². The molecule has 9 heteroatoms. The first-order valence-electron chi connectivity index (χ1n) is 13.8. The molecule has 2 aromatic carbocycles. The van der Waals surface area contributed by atoms with Crippen LogP contribution in [0, 0.1) is 0 Å². The molecule has 0 fully saturated rings. The second kappa shape index (κ2) is 14.1. The molecule has 3 amide bonds. The van der Waals surface area contributed by atoms with Gasteiger partial charge in [-0.05, 0) is 71.7 Å². The highest BCUT2D eigenvalue weighted by atomic mass is 16.6. The summed E-state index contributed by atoms with van der Waals surface area (Å²) >= 11 is 0. The van der Waals surface area contributed by atoms with E-state index >= 15 is 0 Å². The number of amides is 3. The number of phenolic OH excluding ortho intramolecular Hbond substituents is 2. The number of aromatic hydroxyl groups is 2. The van der Waals surface area contributed by atoms with E-state index in [1.807, 2.05) is 27.7 Å². The van der Waals surface area contributed by atoms with Gasteiger partial charge >= 0.3 is 6.09 Å². The predicted molar refractivity (Wildman–Crippen MR) is 155 cm³/mol. The monoisotopic (exact) mass is 555 g/mol. The van der Waals surface area contributed by atoms with E-state index in [-0.39, 0.29) is 30.0 Å². The Morgan fingerprint density at radius 2 is 1.55 bits per heavy atom. The Bertz CT molecular complexity index is 1130. The van der Waals surface area contributed by atoms with Crippen molar-refractivity contribution in [2.45, 2.75) is 97.4 Å². The lowest BCUT2D eigenvalue weighted by atomic mass is 9.98. The molecule has 2 unspecified atom stereocenters. The van der Waals surface area contributed by atoms with Crippen LogP contribution in [-0.2, 0) is 20.7 Å². The van der Waals surface area contributed by atoms with Gasteiger partial charge in [-0.2, -0.15) is 0 Å². The largest absolute Gasteiger partial charge is 0.508 e. The summed E-state index contributed by atoms with van der Waals surface area (Å²) < 4.78 is 5.45. The minimum Gasteiger partial charge on any atom is -0.508 e. The number of unbranched alkanes of at least 4 members (excludes halogenated alkanes) is 2. The highest BCUT2D eigenvalue weighted by Gasteiger charge is 2.38. The average molecular weight is 556 g/mol. The number of carbonyl (C=O) groups is 3. The zero-order valence-corrected chi connectivity index (χ0v) is 24.8. The van der Waals surface area contributed by atoms with Gasteiger partial charge in [0.15, 0.2) is 0 Å². The number of benzene rings is 2. The maximum Gasteiger partial charge on any atom is 0.408 e. The Morgan fingerprint density at radius 1 is 0.925 bits per heavy atom. The van der Waals surface area contributed by atoms with Crippen LogP contribution in [0.2, 0.25) is 0 Å². The van der Waals surface area contributed by atoms with Gasteiger partial charge in [0.2, 0.25) is 11.8 Å². The van der Waals surface area contributed by atoms with Crippen molar-refractivity contribution in [3.63, 3.8) is 0 Å². The van der Waals surface area contributed by atoms with E-state index in [0.717, 1.165) is 12.8 Å². The lowest BCUT2D eigenvalue weighted by Crippen LogP contribution is -2.55. The summed E-state index contributed by atoms with van der Waals surface area (Å²) in [6.07, 6.45) is 1.66. The number of hydrogen-bond donors (Lipinski definition) is 4. The molecule has 0 spiro atoms. The van der Waals surface area contributed by atoms with Crippen LogP contribution in [0.4, 0.5) is 4.79 Å². The van der Waals surface area contributed by atoms with Crippen molar-refractivity contribution in [2.75, 3.05) is 6.54 Å². The maximum absolute atomic E-state index is 14.4. The molecular weight excluding hydrogens is 510 g/mol. The number of ether oxygens (including phenoxy) is 1. The van der Waals surface area contributed by atoms with Crippen molar-refractivity contribution in [1.82, 2.24) is 15.5 Å². The lowest BCUT2D eigenvalue weighted by Gasteiger charge is -2.36. The molecule has 0 aliphatic carbocycles. The van der Waals surface area contributed by atoms with Crippen LogP contribution in [0.1, 0.15) is 84.9 Å². The standard InChI is InChI=1S/C31H45N3O6/c1-8-9-12-19-34(26(27(37)33-30(2,3)4)23-13-10-11-14-25(23)36)28(38)24(32-29(39)40-31(5,6)7)20-21-15-17-22(35)18-16-21/h10-11,13-18,24,26,35-36H,8-9,12,19-20H2,1-7H3,(H,32,39)(H,33,37). The van der Waals surface area contributed by atoms with E-state index in [1.165, 1.54) is 23.1 Å². The summed E-state index contributed by atoms with van der Waals surface area (Å²) in [5, 5.41) is 26.2. The van der Waals surface area contributed by atoms with E-state index in [1.54, 1.807) is 51.1 Å². The molecule has 40 heavy (non-hydrogen) atoms. The fraction of sp³-hybridized carbons (Fsp3) is 0.516. The number of para-hydroxylation sites is 1. The summed E-state index contributed by atoms with van der Waals surface area (Å²) in [7, 11) is 0. The van der Waals surface area contributed by atoms with Crippen molar-refractivity contribution in [3.05, 3.63) is 59.7 Å². The zero-order chi connectivity index (χ0) is 30.1. The first-order valence-corrected chi connectivity index (χ1v) is 13.8. The van der Waals surface area contributed by atoms with Gasteiger partial charge in [-0.3, -0.25) is 9.59 Å². The van der Waals surface area contributed by atoms with Crippen LogP contribution in [0.5, 0.6) is 11.5 Å². The molecular formula is C31H45N3O6. The zero-order valence-electron chi connectivity index (χ0n) is 24.8. The average Bonchev–Trinajstić information content (AvgIpc) is 2.82. The van der Waals surface area contributed by atoms with Gasteiger partial charge < -0.3 is 30.5 Å². The molecule has 0 radical (unpaired) electrons. The molecule has 0 aromatic heterocycles. The van der Waals surface area contributed by atoms with Gasteiger partial charge in [0.1, 0.15) is 29.2 Å². The third-order valence-corrected chi connectivity index (χ3v) is 5.94. The first-order chi connectivity index (χ1) is 18.6. The number of nitrogens with one attached hydrogen (secondary N) is 2. The molecule has 0 saturated heterocycles. The van der Waals surface area contributed by atoms with Gasteiger partial charge in [-0.15, -0.1) is 0 Å². The third kappa shape index (κ3) is 10.4. The summed E-state index contributed by atoms with van der Waals surface area (Å²) in [5.74, 6) is -0.974. The molecule has 220 valence electrons. The normalized spacial score (nSPS) is 13.2. The molecule has 0 aliphatic heterocycles. The second-order valence-electron chi connectivity index (χ2n) is 12.0. The fourth-order valence-electron chi connectivity index (χ4n) is 4.22. The Hall–Kier alpha value is -3.75. The highest BCUT2D eigenvalue weighted by molar-refractivity contribution is 5.93. The molecule has 2 rings (SSSR count). The SMILES string of the molecule is CCCCCN(C(=O)C(Cc1ccc(O)cc1)NC(=O)OC(C)(C)C)C(C(=O)NC(C)(C)C)c1ccccc1O. The summed E-state index contributed by atoms with van der Waals surface area (Å²) in [6, 6.07) is 10.6. The molecule has 0 bridgehead atoms. The van der Waals surface area contributed by atoms with Crippen molar-refractivity contribution in [2.24, 2.45) is 0 Å². The number of phenols is 2. The van der Waals surface area contributed by atoms with E-state index in [4.69, 9.17) is 4.74 Å². The minimum absolute atomic E-state index is 0.0754. The van der Waals surface area contributed by atoms with Gasteiger partial charge in [0.05, 0.1) is 0 Å². The maximum atomic E-state index is 14.4. The van der Waals surface area contributed by atoms with Crippen LogP contribution in [0.25, 0.3) is 0 Å². The quantitative estimate of drug-likeness (QED) is 0.282. The van der Waals surface area contributed by atoms with Gasteiger partial charge in [0.25, 0.3) is 0 Å². The number of carbonyl (C=O) groups excluding carboxylic acids is 3. The Balaban J connectivity index is 2.59. The fourth-order valence-corrected chi connectivity index (χ4v) is 4.22. The molecule has 4 N–H and O–H groups in total. The van der Waals surface area contributed by atoms with Gasteiger partial charge in [-0.25, -0.2) is 4.79 Å². The smallest absolute Gasteiger partial charge is 0.408 e. The topological polar surface area (TPSA) is 128 Å². The second-order valence-corrected chi connectivity index (χ2v) is 12.0. The van der Waals surface area contributed by atoms with Crippen molar-refractivity contribution < 1.29 is 29.3 Å². The third-order valence-electron chi connectivity index (χ3n) is 5.94.